The zero-order valence-corrected chi connectivity index (χ0v) is 8.67. The van der Waals surface area contributed by atoms with E-state index in [2.05, 4.69) is 9.55 Å². The minimum atomic E-state index is -0.216. The van der Waals surface area contributed by atoms with Gasteiger partial charge in [-0.1, -0.05) is 0 Å². The van der Waals surface area contributed by atoms with Crippen molar-refractivity contribution in [3.63, 3.8) is 0 Å². The lowest BCUT2D eigenvalue weighted by atomic mass is 10.0. The molecule has 0 radical (unpaired) electrons. The van der Waals surface area contributed by atoms with Crippen LogP contribution in [0.2, 0.25) is 0 Å². The average molecular weight is 208 g/mol. The third-order valence-corrected chi connectivity index (χ3v) is 3.22. The molecule has 0 amide bonds. The summed E-state index contributed by atoms with van der Waals surface area (Å²) in [5.41, 5.74) is 1.14. The Kier molecular flexibility index (Phi) is 2.25. The molecule has 1 saturated heterocycles. The summed E-state index contributed by atoms with van der Waals surface area (Å²) in [6.07, 6.45) is 7.55. The summed E-state index contributed by atoms with van der Waals surface area (Å²) in [6, 6.07) is 0.630. The topological polar surface area (TPSA) is 47.3 Å². The van der Waals surface area contributed by atoms with Crippen molar-refractivity contribution in [1.29, 1.82) is 0 Å². The van der Waals surface area contributed by atoms with Gasteiger partial charge in [0, 0.05) is 19.1 Å². The molecule has 1 aliphatic carbocycles. The van der Waals surface area contributed by atoms with Crippen molar-refractivity contribution in [2.24, 2.45) is 0 Å². The van der Waals surface area contributed by atoms with Crippen molar-refractivity contribution < 1.29 is 9.84 Å². The summed E-state index contributed by atoms with van der Waals surface area (Å²) in [7, 11) is 0. The van der Waals surface area contributed by atoms with Gasteiger partial charge in [0.15, 0.2) is 0 Å². The fraction of sp³-hybridized carbons (Fsp3) is 0.727. The molecule has 2 atom stereocenters. The summed E-state index contributed by atoms with van der Waals surface area (Å²) < 4.78 is 7.90. The van der Waals surface area contributed by atoms with Gasteiger partial charge < -0.3 is 14.4 Å². The molecule has 82 valence electrons. The maximum absolute atomic E-state index is 9.61. The number of rotatable bonds is 2. The number of imidazole rings is 1. The fourth-order valence-electron chi connectivity index (χ4n) is 2.21. The Morgan fingerprint density at radius 1 is 1.40 bits per heavy atom. The number of ether oxygens (including phenoxy) is 1. The predicted molar refractivity (Wildman–Crippen MR) is 54.4 cm³/mol. The lowest BCUT2D eigenvalue weighted by molar-refractivity contribution is -0.0480. The highest BCUT2D eigenvalue weighted by molar-refractivity contribution is 5.08. The summed E-state index contributed by atoms with van der Waals surface area (Å²) in [5, 5.41) is 9.61. The van der Waals surface area contributed by atoms with Gasteiger partial charge in [0.25, 0.3) is 0 Å². The van der Waals surface area contributed by atoms with E-state index in [-0.39, 0.29) is 12.2 Å². The molecule has 0 aromatic carbocycles. The van der Waals surface area contributed by atoms with Crippen molar-refractivity contribution in [1.82, 2.24) is 9.55 Å². The highest BCUT2D eigenvalue weighted by atomic mass is 16.5. The van der Waals surface area contributed by atoms with Gasteiger partial charge in [0.05, 0.1) is 24.3 Å². The van der Waals surface area contributed by atoms with Gasteiger partial charge in [-0.3, -0.25) is 0 Å². The van der Waals surface area contributed by atoms with Crippen LogP contribution >= 0.6 is 0 Å². The average Bonchev–Trinajstić information content (AvgIpc) is 2.96. The first kappa shape index (κ1) is 9.36. The van der Waals surface area contributed by atoms with Crippen LogP contribution in [-0.2, 0) is 4.74 Å². The van der Waals surface area contributed by atoms with E-state index in [0.717, 1.165) is 12.1 Å². The standard InChI is InChI=1S/C11H16N2O2/c14-9-3-4-15-11(5-9)10-6-12-7-13(10)8-1-2-8/h6-9,11,14H,1-5H2. The normalized spacial score (nSPS) is 31.8. The highest BCUT2D eigenvalue weighted by Gasteiger charge is 2.30. The van der Waals surface area contributed by atoms with E-state index >= 15 is 0 Å². The zero-order chi connectivity index (χ0) is 10.3. The fourth-order valence-corrected chi connectivity index (χ4v) is 2.21. The largest absolute Gasteiger partial charge is 0.393 e. The molecule has 1 aromatic rings. The van der Waals surface area contributed by atoms with Gasteiger partial charge in [-0.2, -0.15) is 0 Å². The quantitative estimate of drug-likeness (QED) is 0.799. The van der Waals surface area contributed by atoms with E-state index in [1.165, 1.54) is 12.8 Å². The van der Waals surface area contributed by atoms with Gasteiger partial charge in [0.1, 0.15) is 6.10 Å². The van der Waals surface area contributed by atoms with Crippen LogP contribution in [0.25, 0.3) is 0 Å². The molecule has 0 spiro atoms. The minimum absolute atomic E-state index is 0.0387. The Morgan fingerprint density at radius 2 is 2.27 bits per heavy atom. The van der Waals surface area contributed by atoms with Crippen LogP contribution < -0.4 is 0 Å². The molecule has 1 aliphatic heterocycles. The van der Waals surface area contributed by atoms with Crippen LogP contribution in [0, 0.1) is 0 Å². The Labute approximate surface area is 88.9 Å². The van der Waals surface area contributed by atoms with Crippen molar-refractivity contribution in [2.75, 3.05) is 6.61 Å². The molecule has 1 saturated carbocycles. The third-order valence-electron chi connectivity index (χ3n) is 3.22. The van der Waals surface area contributed by atoms with Crippen molar-refractivity contribution in [2.45, 2.75) is 43.9 Å². The van der Waals surface area contributed by atoms with Crippen LogP contribution in [-0.4, -0.2) is 27.4 Å². The zero-order valence-electron chi connectivity index (χ0n) is 8.67. The molecular weight excluding hydrogens is 192 g/mol. The molecule has 2 fully saturated rings. The first-order valence-corrected chi connectivity index (χ1v) is 5.66. The van der Waals surface area contributed by atoms with E-state index in [0.29, 0.717) is 19.1 Å². The van der Waals surface area contributed by atoms with Crippen LogP contribution in [0.4, 0.5) is 0 Å². The maximum atomic E-state index is 9.61. The van der Waals surface area contributed by atoms with Gasteiger partial charge in [0.2, 0.25) is 0 Å². The summed E-state index contributed by atoms with van der Waals surface area (Å²) >= 11 is 0. The molecule has 2 heterocycles. The van der Waals surface area contributed by atoms with Gasteiger partial charge in [-0.05, 0) is 19.3 Å². The Morgan fingerprint density at radius 3 is 3.00 bits per heavy atom. The van der Waals surface area contributed by atoms with Crippen molar-refractivity contribution in [3.8, 4) is 0 Å². The van der Waals surface area contributed by atoms with Crippen LogP contribution in [0.1, 0.15) is 43.5 Å². The Balaban J connectivity index is 1.81. The first-order valence-electron chi connectivity index (χ1n) is 5.66. The maximum Gasteiger partial charge on any atom is 0.101 e. The summed E-state index contributed by atoms with van der Waals surface area (Å²) in [4.78, 5) is 4.18. The lowest BCUT2D eigenvalue weighted by Gasteiger charge is -2.27. The van der Waals surface area contributed by atoms with Crippen molar-refractivity contribution >= 4 is 0 Å². The molecule has 2 aliphatic rings. The minimum Gasteiger partial charge on any atom is -0.393 e. The number of aliphatic hydroxyl groups is 1. The summed E-state index contributed by atoms with van der Waals surface area (Å²) in [6.45, 7) is 0.654. The van der Waals surface area contributed by atoms with Gasteiger partial charge in [-0.15, -0.1) is 0 Å². The van der Waals surface area contributed by atoms with Crippen LogP contribution in [0.5, 0.6) is 0 Å². The van der Waals surface area contributed by atoms with E-state index in [1.807, 2.05) is 12.5 Å². The molecule has 3 rings (SSSR count). The predicted octanol–water partition coefficient (Wildman–Crippen LogP) is 1.43. The monoisotopic (exact) mass is 208 g/mol. The second-order valence-electron chi connectivity index (χ2n) is 4.49. The SMILES string of the molecule is OC1CCOC(c2cncn2C2CC2)C1. The second-order valence-corrected chi connectivity index (χ2v) is 4.49. The van der Waals surface area contributed by atoms with E-state index in [9.17, 15) is 5.11 Å². The molecule has 0 bridgehead atoms. The van der Waals surface area contributed by atoms with Gasteiger partial charge >= 0.3 is 0 Å². The lowest BCUT2D eigenvalue weighted by Crippen LogP contribution is -2.24. The molecular formula is C11H16N2O2. The molecule has 4 nitrogen and oxygen atoms in total. The molecule has 4 heteroatoms. The van der Waals surface area contributed by atoms with E-state index in [4.69, 9.17) is 4.74 Å². The Hall–Kier alpha value is -0.870. The molecule has 1 aromatic heterocycles. The number of aromatic nitrogens is 2. The van der Waals surface area contributed by atoms with E-state index < -0.39 is 0 Å². The molecule has 2 unspecified atom stereocenters. The molecule has 1 N–H and O–H groups in total. The van der Waals surface area contributed by atoms with Gasteiger partial charge in [-0.25, -0.2) is 4.98 Å². The van der Waals surface area contributed by atoms with E-state index in [1.54, 1.807) is 0 Å². The first-order chi connectivity index (χ1) is 7.34. The third kappa shape index (κ3) is 1.79. The number of hydrogen-bond donors (Lipinski definition) is 1. The van der Waals surface area contributed by atoms with Crippen LogP contribution in [0.3, 0.4) is 0 Å². The number of nitrogens with zero attached hydrogens (tertiary/aromatic N) is 2. The number of hydrogen-bond acceptors (Lipinski definition) is 3. The second kappa shape index (κ2) is 3.61. The van der Waals surface area contributed by atoms with Crippen molar-refractivity contribution in [3.05, 3.63) is 18.2 Å². The number of aliphatic hydroxyl groups excluding tert-OH is 1. The highest BCUT2D eigenvalue weighted by Crippen LogP contribution is 2.38. The Bertz CT molecular complexity index is 346. The smallest absolute Gasteiger partial charge is 0.101 e. The molecule has 15 heavy (non-hydrogen) atoms. The van der Waals surface area contributed by atoms with Crippen LogP contribution in [0.15, 0.2) is 12.5 Å². The summed E-state index contributed by atoms with van der Waals surface area (Å²) in [5.74, 6) is 0.